The van der Waals surface area contributed by atoms with Crippen molar-refractivity contribution >= 4 is 20.7 Å². The van der Waals surface area contributed by atoms with Gasteiger partial charge in [0.15, 0.2) is 0 Å². The predicted octanol–water partition coefficient (Wildman–Crippen LogP) is 3.95. The van der Waals surface area contributed by atoms with Crippen molar-refractivity contribution in [3.05, 3.63) is 77.1 Å². The van der Waals surface area contributed by atoms with Gasteiger partial charge in [0.1, 0.15) is 11.6 Å². The molecule has 200 valence electrons. The van der Waals surface area contributed by atoms with E-state index in [0.29, 0.717) is 41.5 Å². The zero-order valence-corrected chi connectivity index (χ0v) is 22.8. The fourth-order valence-corrected chi connectivity index (χ4v) is 3.71. The normalized spacial score (nSPS) is 15.3. The van der Waals surface area contributed by atoms with Crippen LogP contribution in [0.4, 0.5) is 4.39 Å². The molecule has 0 saturated carbocycles. The minimum Gasteiger partial charge on any atom is -0.456 e. The molecule has 0 fully saturated rings. The van der Waals surface area contributed by atoms with Crippen molar-refractivity contribution in [1.29, 1.82) is 0 Å². The molecule has 10 nitrogen and oxygen atoms in total. The van der Waals surface area contributed by atoms with E-state index in [9.17, 15) is 14.3 Å². The number of aryl methyl sites for hydroxylation is 1. The summed E-state index contributed by atoms with van der Waals surface area (Å²) in [4.78, 5) is 21.5. The summed E-state index contributed by atoms with van der Waals surface area (Å²) in [5.41, 5.74) is -0.584. The Kier molecular flexibility index (Phi) is 7.89. The molecule has 1 amide bonds. The molecule has 2 aromatic heterocycles. The van der Waals surface area contributed by atoms with Gasteiger partial charge in [0.25, 0.3) is 17.4 Å². The number of alkyl halides is 1. The van der Waals surface area contributed by atoms with E-state index < -0.39 is 11.1 Å². The monoisotopic (exact) mass is 540 g/mol. The molecule has 2 unspecified atom stereocenters. The lowest BCUT2D eigenvalue weighted by Gasteiger charge is -2.23. The molecule has 4 rings (SSSR count). The van der Waals surface area contributed by atoms with Crippen molar-refractivity contribution in [2.24, 2.45) is 0 Å². The number of nitrogens with one attached hydrogen (secondary N) is 1. The van der Waals surface area contributed by atoms with Crippen molar-refractivity contribution in [3.63, 3.8) is 0 Å². The highest BCUT2D eigenvalue weighted by Gasteiger charge is 2.22. The second-order valence-electron chi connectivity index (χ2n) is 9.68. The number of benzene rings is 1. The lowest BCUT2D eigenvalue weighted by Crippen LogP contribution is -2.46. The van der Waals surface area contributed by atoms with E-state index in [1.807, 2.05) is 28.3 Å². The molecule has 0 bridgehead atoms. The number of carbonyl (C=O) groups is 1. The minimum absolute atomic E-state index is 0.158. The molecule has 0 radical (unpaired) electrons. The third kappa shape index (κ3) is 6.99. The summed E-state index contributed by atoms with van der Waals surface area (Å²) in [6, 6.07) is 7.16. The van der Waals surface area contributed by atoms with E-state index in [2.05, 4.69) is 25.5 Å². The Labute approximate surface area is 221 Å². The third-order valence-electron chi connectivity index (χ3n) is 5.50. The molecule has 12 heteroatoms. The van der Waals surface area contributed by atoms with Crippen LogP contribution in [0.5, 0.6) is 0 Å². The molecule has 1 aliphatic carbocycles. The smallest absolute Gasteiger partial charge is 0.297 e. The maximum absolute atomic E-state index is 13.8. The van der Waals surface area contributed by atoms with E-state index in [4.69, 9.17) is 9.26 Å². The highest BCUT2D eigenvalue weighted by Crippen LogP contribution is 2.28. The van der Waals surface area contributed by atoms with Crippen molar-refractivity contribution in [2.75, 3.05) is 6.61 Å². The molecule has 1 aliphatic rings. The SMILES string of the molecule is Cc1nc(-c2nc(C3=CCC=C(OC(C)(F)P)C=C3)no2)nn1Cc1cccc(C(=O)NC(C)(C)CO)c1. The number of allylic oxidation sites excluding steroid dienone is 5. The fourth-order valence-electron chi connectivity index (χ4n) is 3.58. The Bertz CT molecular complexity index is 1420. The Balaban J connectivity index is 1.47. The maximum Gasteiger partial charge on any atom is 0.297 e. The Hall–Kier alpha value is -3.69. The molecule has 2 atom stereocenters. The highest BCUT2D eigenvalue weighted by atomic mass is 31.0. The van der Waals surface area contributed by atoms with Gasteiger partial charge in [-0.05, 0) is 63.1 Å². The van der Waals surface area contributed by atoms with E-state index in [1.54, 1.807) is 55.0 Å². The van der Waals surface area contributed by atoms with Gasteiger partial charge in [0.05, 0.1) is 18.7 Å². The first-order valence-electron chi connectivity index (χ1n) is 12.0. The van der Waals surface area contributed by atoms with Gasteiger partial charge < -0.3 is 19.7 Å². The van der Waals surface area contributed by atoms with Crippen LogP contribution in [0.15, 0.2) is 58.9 Å². The van der Waals surface area contributed by atoms with Crippen LogP contribution >= 0.6 is 9.24 Å². The summed E-state index contributed by atoms with van der Waals surface area (Å²) in [6.07, 6.45) is 7.51. The Morgan fingerprint density at radius 1 is 1.24 bits per heavy atom. The number of carbonyl (C=O) groups excluding carboxylic acids is 1. The molecule has 2 N–H and O–H groups in total. The molecule has 2 heterocycles. The van der Waals surface area contributed by atoms with Crippen molar-refractivity contribution in [3.8, 4) is 11.7 Å². The van der Waals surface area contributed by atoms with Gasteiger partial charge >= 0.3 is 0 Å². The molecule has 0 aliphatic heterocycles. The van der Waals surface area contributed by atoms with Gasteiger partial charge in [-0.2, -0.15) is 9.37 Å². The van der Waals surface area contributed by atoms with Gasteiger partial charge in [-0.15, -0.1) is 5.10 Å². The van der Waals surface area contributed by atoms with E-state index in [-0.39, 0.29) is 24.2 Å². The molecule has 1 aromatic carbocycles. The maximum atomic E-state index is 13.8. The molecular weight excluding hydrogens is 510 g/mol. The quantitative estimate of drug-likeness (QED) is 0.391. The molecule has 0 spiro atoms. The first kappa shape index (κ1) is 27.3. The Morgan fingerprint density at radius 3 is 2.76 bits per heavy atom. The van der Waals surface area contributed by atoms with Crippen LogP contribution in [-0.2, 0) is 11.3 Å². The average molecular weight is 541 g/mol. The van der Waals surface area contributed by atoms with Crippen molar-refractivity contribution in [1.82, 2.24) is 30.2 Å². The van der Waals surface area contributed by atoms with Crippen LogP contribution in [0.2, 0.25) is 0 Å². The van der Waals surface area contributed by atoms with Crippen LogP contribution in [0.1, 0.15) is 54.8 Å². The molecular formula is C26H30FN6O4P. The lowest BCUT2D eigenvalue weighted by molar-refractivity contribution is -0.00784. The number of ether oxygens (including phenoxy) is 1. The first-order valence-corrected chi connectivity index (χ1v) is 12.5. The number of aromatic nitrogens is 5. The van der Waals surface area contributed by atoms with Crippen LogP contribution in [-0.4, -0.2) is 53.7 Å². The third-order valence-corrected chi connectivity index (χ3v) is 5.62. The number of hydrogen-bond acceptors (Lipinski definition) is 8. The summed E-state index contributed by atoms with van der Waals surface area (Å²) in [5, 5.41) is 20.8. The van der Waals surface area contributed by atoms with E-state index >= 15 is 0 Å². The topological polar surface area (TPSA) is 128 Å². The standard InChI is InChI=1S/C26H30FN6O4P/c1-16-28-22(24-29-21(32-37-24)18-8-6-10-20(12-11-18)36-26(4,27)38)31-33(16)14-17-7-5-9-19(13-17)23(35)30-25(2,3)15-34/h5,7-13,34H,6,14-15,38H2,1-4H3,(H,30,35). The number of halogens is 1. The Morgan fingerprint density at radius 2 is 2.03 bits per heavy atom. The summed E-state index contributed by atoms with van der Waals surface area (Å²) in [5.74, 6) is 1.53. The molecule has 3 aromatic rings. The zero-order chi connectivity index (χ0) is 27.5. The number of hydrogen-bond donors (Lipinski definition) is 2. The minimum atomic E-state index is -1.87. The van der Waals surface area contributed by atoms with Crippen LogP contribution in [0.3, 0.4) is 0 Å². The van der Waals surface area contributed by atoms with Gasteiger partial charge in [-0.25, -0.2) is 9.67 Å². The summed E-state index contributed by atoms with van der Waals surface area (Å²) >= 11 is 0. The van der Waals surface area contributed by atoms with E-state index in [0.717, 1.165) is 5.56 Å². The van der Waals surface area contributed by atoms with E-state index in [1.165, 1.54) is 6.92 Å². The molecule has 0 saturated heterocycles. The van der Waals surface area contributed by atoms with Gasteiger partial charge in [-0.3, -0.25) is 4.79 Å². The van der Waals surface area contributed by atoms with Crippen molar-refractivity contribution < 1.29 is 23.6 Å². The van der Waals surface area contributed by atoms with Gasteiger partial charge in [0.2, 0.25) is 11.6 Å². The fraction of sp³-hybridized carbons (Fsp3) is 0.346. The number of nitrogens with zero attached hydrogens (tertiary/aromatic N) is 5. The molecule has 38 heavy (non-hydrogen) atoms. The number of rotatable bonds is 9. The van der Waals surface area contributed by atoms with Crippen LogP contribution in [0.25, 0.3) is 17.3 Å². The van der Waals surface area contributed by atoms with Gasteiger partial charge in [0, 0.05) is 18.1 Å². The largest absolute Gasteiger partial charge is 0.456 e. The average Bonchev–Trinajstić information content (AvgIpc) is 3.40. The van der Waals surface area contributed by atoms with Crippen LogP contribution in [0, 0.1) is 6.92 Å². The number of aliphatic hydroxyl groups excluding tert-OH is 1. The van der Waals surface area contributed by atoms with Crippen molar-refractivity contribution in [2.45, 2.75) is 51.8 Å². The summed E-state index contributed by atoms with van der Waals surface area (Å²) in [7, 11) is 2.00. The summed E-state index contributed by atoms with van der Waals surface area (Å²) in [6.45, 7) is 6.80. The summed E-state index contributed by atoms with van der Waals surface area (Å²) < 4.78 is 26.1. The lowest BCUT2D eigenvalue weighted by atomic mass is 10.1. The number of amides is 1. The zero-order valence-electron chi connectivity index (χ0n) is 21.6. The second kappa shape index (κ2) is 11.0. The van der Waals surface area contributed by atoms with Gasteiger partial charge in [-0.1, -0.05) is 32.6 Å². The first-order chi connectivity index (χ1) is 17.9. The number of aliphatic hydroxyl groups is 1. The predicted molar refractivity (Wildman–Crippen MR) is 142 cm³/mol. The van der Waals surface area contributed by atoms with Crippen LogP contribution < -0.4 is 5.32 Å². The second-order valence-corrected chi connectivity index (χ2v) is 10.7. The highest BCUT2D eigenvalue weighted by molar-refractivity contribution is 7.18.